The smallest absolute Gasteiger partial charge is 0.116 e. The number of aromatic amines is 1. The van der Waals surface area contributed by atoms with Crippen LogP contribution in [0.15, 0.2) is 18.2 Å². The Kier molecular flexibility index (Phi) is 2.25. The van der Waals surface area contributed by atoms with E-state index in [4.69, 9.17) is 0 Å². The third kappa shape index (κ3) is 1.54. The lowest BCUT2D eigenvalue weighted by Gasteiger charge is -1.98. The van der Waals surface area contributed by atoms with Crippen LogP contribution >= 0.6 is 0 Å². The molecule has 0 amide bonds. The van der Waals surface area contributed by atoms with Crippen molar-refractivity contribution < 1.29 is 0 Å². The highest BCUT2D eigenvalue weighted by Gasteiger charge is 2.02. The SMILES string of the molecule is CCC[CH]c1cccc2[nH]nnc12. The van der Waals surface area contributed by atoms with Crippen LogP contribution in [0.5, 0.6) is 0 Å². The van der Waals surface area contributed by atoms with Gasteiger partial charge < -0.3 is 0 Å². The molecule has 0 bridgehead atoms. The van der Waals surface area contributed by atoms with Gasteiger partial charge in [-0.25, -0.2) is 0 Å². The summed E-state index contributed by atoms with van der Waals surface area (Å²) in [5, 5.41) is 10.7. The minimum Gasteiger partial charge on any atom is -0.258 e. The summed E-state index contributed by atoms with van der Waals surface area (Å²) < 4.78 is 0. The summed E-state index contributed by atoms with van der Waals surface area (Å²) in [4.78, 5) is 0. The van der Waals surface area contributed by atoms with E-state index in [9.17, 15) is 0 Å². The number of rotatable bonds is 3. The van der Waals surface area contributed by atoms with Gasteiger partial charge in [0.15, 0.2) is 0 Å². The monoisotopic (exact) mass is 174 g/mol. The molecule has 3 heteroatoms. The number of aromatic nitrogens is 3. The number of benzene rings is 1. The summed E-state index contributed by atoms with van der Waals surface area (Å²) in [5.41, 5.74) is 3.15. The van der Waals surface area contributed by atoms with Crippen molar-refractivity contribution in [3.05, 3.63) is 30.2 Å². The molecule has 67 valence electrons. The van der Waals surface area contributed by atoms with Gasteiger partial charge in [0, 0.05) is 0 Å². The van der Waals surface area contributed by atoms with Gasteiger partial charge in [-0.15, -0.1) is 5.10 Å². The summed E-state index contributed by atoms with van der Waals surface area (Å²) >= 11 is 0. The molecule has 1 N–H and O–H groups in total. The number of hydrogen-bond acceptors (Lipinski definition) is 2. The fraction of sp³-hybridized carbons (Fsp3) is 0.300. The molecule has 0 fully saturated rings. The lowest BCUT2D eigenvalue weighted by molar-refractivity contribution is 0.913. The van der Waals surface area contributed by atoms with Crippen molar-refractivity contribution in [1.29, 1.82) is 0 Å². The Morgan fingerprint density at radius 3 is 3.23 bits per heavy atom. The lowest BCUT2D eigenvalue weighted by Crippen LogP contribution is -1.83. The van der Waals surface area contributed by atoms with Gasteiger partial charge in [-0.2, -0.15) is 0 Å². The van der Waals surface area contributed by atoms with Gasteiger partial charge in [0.05, 0.1) is 5.52 Å². The molecule has 3 nitrogen and oxygen atoms in total. The average molecular weight is 174 g/mol. The Labute approximate surface area is 77.2 Å². The molecule has 0 spiro atoms. The Morgan fingerprint density at radius 1 is 1.46 bits per heavy atom. The van der Waals surface area contributed by atoms with Crippen LogP contribution in [0, 0.1) is 6.42 Å². The van der Waals surface area contributed by atoms with Gasteiger partial charge in [0.2, 0.25) is 0 Å². The maximum absolute atomic E-state index is 4.03. The Bertz CT molecular complexity index is 392. The lowest BCUT2D eigenvalue weighted by atomic mass is 10.1. The minimum atomic E-state index is 0.968. The first-order chi connectivity index (χ1) is 6.42. The van der Waals surface area contributed by atoms with Crippen molar-refractivity contribution >= 4 is 11.0 Å². The van der Waals surface area contributed by atoms with Crippen LogP contribution in [0.2, 0.25) is 0 Å². The van der Waals surface area contributed by atoms with Gasteiger partial charge in [0.1, 0.15) is 5.52 Å². The highest BCUT2D eigenvalue weighted by Crippen LogP contribution is 2.16. The molecule has 1 heterocycles. The van der Waals surface area contributed by atoms with E-state index >= 15 is 0 Å². The number of unbranched alkanes of at least 4 members (excludes halogenated alkanes) is 1. The molecule has 0 aliphatic rings. The summed E-state index contributed by atoms with van der Waals surface area (Å²) in [6, 6.07) is 6.07. The summed E-state index contributed by atoms with van der Waals surface area (Å²) in [7, 11) is 0. The van der Waals surface area contributed by atoms with Gasteiger partial charge in [0.25, 0.3) is 0 Å². The molecule has 1 aromatic carbocycles. The molecule has 0 aliphatic carbocycles. The zero-order valence-corrected chi connectivity index (χ0v) is 7.62. The Hall–Kier alpha value is -1.38. The Morgan fingerprint density at radius 2 is 2.38 bits per heavy atom. The van der Waals surface area contributed by atoms with Crippen molar-refractivity contribution in [2.45, 2.75) is 19.8 Å². The molecule has 0 aliphatic heterocycles. The van der Waals surface area contributed by atoms with Crippen molar-refractivity contribution in [3.63, 3.8) is 0 Å². The second-order valence-corrected chi connectivity index (χ2v) is 3.05. The van der Waals surface area contributed by atoms with Crippen molar-refractivity contribution in [2.24, 2.45) is 0 Å². The summed E-state index contributed by atoms with van der Waals surface area (Å²) in [6.07, 6.45) is 4.45. The zero-order chi connectivity index (χ0) is 9.10. The topological polar surface area (TPSA) is 41.6 Å². The summed E-state index contributed by atoms with van der Waals surface area (Å²) in [5.74, 6) is 0. The van der Waals surface area contributed by atoms with Crippen LogP contribution in [-0.4, -0.2) is 15.4 Å². The number of nitrogens with one attached hydrogen (secondary N) is 1. The van der Waals surface area contributed by atoms with Crippen molar-refractivity contribution in [3.8, 4) is 0 Å². The van der Waals surface area contributed by atoms with E-state index in [0.29, 0.717) is 0 Å². The fourth-order valence-corrected chi connectivity index (χ4v) is 1.36. The van der Waals surface area contributed by atoms with Crippen LogP contribution in [-0.2, 0) is 0 Å². The van der Waals surface area contributed by atoms with E-state index in [0.717, 1.165) is 23.9 Å². The van der Waals surface area contributed by atoms with E-state index in [1.807, 2.05) is 12.1 Å². The van der Waals surface area contributed by atoms with Gasteiger partial charge in [-0.1, -0.05) is 30.7 Å². The number of nitrogens with zero attached hydrogens (tertiary/aromatic N) is 2. The third-order valence-electron chi connectivity index (χ3n) is 2.04. The van der Waals surface area contributed by atoms with E-state index in [-0.39, 0.29) is 0 Å². The predicted molar refractivity (Wildman–Crippen MR) is 52.2 cm³/mol. The third-order valence-corrected chi connectivity index (χ3v) is 2.04. The van der Waals surface area contributed by atoms with Crippen LogP contribution in [0.3, 0.4) is 0 Å². The van der Waals surface area contributed by atoms with E-state index < -0.39 is 0 Å². The quantitative estimate of drug-likeness (QED) is 0.775. The molecule has 1 aromatic heterocycles. The summed E-state index contributed by atoms with van der Waals surface area (Å²) in [6.45, 7) is 2.17. The van der Waals surface area contributed by atoms with E-state index in [2.05, 4.69) is 34.8 Å². The number of H-pyrrole nitrogens is 1. The first-order valence-corrected chi connectivity index (χ1v) is 4.55. The molecule has 0 saturated heterocycles. The molecule has 0 saturated carbocycles. The highest BCUT2D eigenvalue weighted by atomic mass is 15.3. The molecule has 2 aromatic rings. The Balaban J connectivity index is 2.37. The van der Waals surface area contributed by atoms with Crippen LogP contribution in [0.25, 0.3) is 11.0 Å². The molecular formula is C10H12N3. The molecule has 1 radical (unpaired) electrons. The van der Waals surface area contributed by atoms with Crippen LogP contribution in [0.1, 0.15) is 25.3 Å². The molecule has 13 heavy (non-hydrogen) atoms. The van der Waals surface area contributed by atoms with Crippen LogP contribution in [0.4, 0.5) is 0 Å². The average Bonchev–Trinajstić information content (AvgIpc) is 2.62. The van der Waals surface area contributed by atoms with Gasteiger partial charge in [-0.05, 0) is 24.5 Å². The van der Waals surface area contributed by atoms with Gasteiger partial charge in [-0.3, -0.25) is 5.10 Å². The van der Waals surface area contributed by atoms with E-state index in [1.165, 1.54) is 5.56 Å². The molecule has 2 rings (SSSR count). The van der Waals surface area contributed by atoms with Crippen molar-refractivity contribution in [1.82, 2.24) is 15.4 Å². The predicted octanol–water partition coefficient (Wildman–Crippen LogP) is 2.31. The number of fused-ring (bicyclic) bond motifs is 1. The maximum Gasteiger partial charge on any atom is 0.116 e. The minimum absolute atomic E-state index is 0.968. The first-order valence-electron chi connectivity index (χ1n) is 4.55. The highest BCUT2D eigenvalue weighted by molar-refractivity contribution is 5.78. The van der Waals surface area contributed by atoms with E-state index in [1.54, 1.807) is 0 Å². The van der Waals surface area contributed by atoms with Crippen LogP contribution < -0.4 is 0 Å². The maximum atomic E-state index is 4.03. The molecule has 0 atom stereocenters. The zero-order valence-electron chi connectivity index (χ0n) is 7.62. The largest absolute Gasteiger partial charge is 0.258 e. The molecular weight excluding hydrogens is 162 g/mol. The number of hydrogen-bond donors (Lipinski definition) is 1. The normalized spacial score (nSPS) is 10.8. The first kappa shape index (κ1) is 8.23. The van der Waals surface area contributed by atoms with Crippen molar-refractivity contribution in [2.75, 3.05) is 0 Å². The molecule has 0 unspecified atom stereocenters. The fourth-order valence-electron chi connectivity index (χ4n) is 1.36. The second-order valence-electron chi connectivity index (χ2n) is 3.05. The van der Waals surface area contributed by atoms with Gasteiger partial charge >= 0.3 is 0 Å². The second kappa shape index (κ2) is 3.56. The standard InChI is InChI=1S/C10H12N3/c1-2-3-5-8-6-4-7-9-10(8)12-13-11-9/h4-7H,2-3H2,1H3,(H,11,12,13).